The minimum absolute atomic E-state index is 0.0918. The lowest BCUT2D eigenvalue weighted by Gasteiger charge is -2.15. The third-order valence-corrected chi connectivity index (χ3v) is 3.03. The average Bonchev–Trinajstić information content (AvgIpc) is 2.74. The lowest BCUT2D eigenvalue weighted by atomic mass is 10.1. The molecule has 1 amide bonds. The first-order valence-corrected chi connectivity index (χ1v) is 5.71. The summed E-state index contributed by atoms with van der Waals surface area (Å²) in [6.45, 7) is 2.45. The summed E-state index contributed by atoms with van der Waals surface area (Å²) >= 11 is 0. The summed E-state index contributed by atoms with van der Waals surface area (Å²) in [5.74, 6) is -0.387. The van der Waals surface area contributed by atoms with Gasteiger partial charge in [0, 0.05) is 19.2 Å². The van der Waals surface area contributed by atoms with Crippen LogP contribution in [-0.4, -0.2) is 40.0 Å². The van der Waals surface area contributed by atoms with E-state index in [1.54, 1.807) is 13.0 Å². The topological polar surface area (TPSA) is 83.7 Å². The lowest BCUT2D eigenvalue weighted by molar-refractivity contribution is -0.385. The van der Waals surface area contributed by atoms with Gasteiger partial charge in [-0.25, -0.2) is 0 Å². The van der Waals surface area contributed by atoms with E-state index in [0.29, 0.717) is 13.0 Å². The molecule has 1 atom stereocenters. The quantitative estimate of drug-likeness (QED) is 0.629. The van der Waals surface area contributed by atoms with E-state index in [0.717, 1.165) is 5.56 Å². The van der Waals surface area contributed by atoms with Gasteiger partial charge in [0.1, 0.15) is 5.56 Å². The fourth-order valence-electron chi connectivity index (χ4n) is 2.08. The number of rotatable bonds is 2. The number of aliphatic hydroxyl groups is 1. The summed E-state index contributed by atoms with van der Waals surface area (Å²) in [6, 6.07) is 4.47. The molecule has 0 saturated carbocycles. The van der Waals surface area contributed by atoms with Crippen LogP contribution in [0, 0.1) is 17.0 Å². The van der Waals surface area contributed by atoms with Crippen LogP contribution in [0.1, 0.15) is 22.3 Å². The summed E-state index contributed by atoms with van der Waals surface area (Å²) in [5.41, 5.74) is 0.699. The van der Waals surface area contributed by atoms with Gasteiger partial charge < -0.3 is 10.0 Å². The van der Waals surface area contributed by atoms with E-state index in [9.17, 15) is 20.0 Å². The summed E-state index contributed by atoms with van der Waals surface area (Å²) in [7, 11) is 0. The summed E-state index contributed by atoms with van der Waals surface area (Å²) in [5, 5.41) is 20.3. The molecule has 6 heteroatoms. The highest BCUT2D eigenvalue weighted by atomic mass is 16.6. The third-order valence-electron chi connectivity index (χ3n) is 3.03. The highest BCUT2D eigenvalue weighted by Crippen LogP contribution is 2.23. The molecule has 1 saturated heterocycles. The zero-order valence-corrected chi connectivity index (χ0v) is 10.00. The maximum atomic E-state index is 12.2. The summed E-state index contributed by atoms with van der Waals surface area (Å²) in [4.78, 5) is 24.0. The number of nitro benzene ring substituents is 1. The molecule has 0 spiro atoms. The molecule has 1 aromatic carbocycles. The molecule has 1 aliphatic heterocycles. The van der Waals surface area contributed by atoms with Gasteiger partial charge in [0.25, 0.3) is 11.6 Å². The molecule has 18 heavy (non-hydrogen) atoms. The van der Waals surface area contributed by atoms with Gasteiger partial charge in [0.15, 0.2) is 0 Å². The van der Waals surface area contributed by atoms with Crippen LogP contribution in [0.2, 0.25) is 0 Å². The average molecular weight is 250 g/mol. The first kappa shape index (κ1) is 12.5. The first-order chi connectivity index (χ1) is 8.49. The predicted molar refractivity (Wildman–Crippen MR) is 64.4 cm³/mol. The van der Waals surface area contributed by atoms with Crippen molar-refractivity contribution in [2.24, 2.45) is 0 Å². The second-order valence-electron chi connectivity index (χ2n) is 4.47. The van der Waals surface area contributed by atoms with E-state index in [-0.39, 0.29) is 23.7 Å². The fraction of sp³-hybridized carbons (Fsp3) is 0.417. The third kappa shape index (κ3) is 2.33. The smallest absolute Gasteiger partial charge is 0.282 e. The Bertz CT molecular complexity index is 501. The van der Waals surface area contributed by atoms with Gasteiger partial charge in [0.05, 0.1) is 11.0 Å². The van der Waals surface area contributed by atoms with Crippen LogP contribution in [0.5, 0.6) is 0 Å². The molecule has 6 nitrogen and oxygen atoms in total. The Hall–Kier alpha value is -1.95. The van der Waals surface area contributed by atoms with Crippen molar-refractivity contribution in [1.82, 2.24) is 4.90 Å². The van der Waals surface area contributed by atoms with Crippen molar-refractivity contribution in [1.29, 1.82) is 0 Å². The zero-order valence-electron chi connectivity index (χ0n) is 10.00. The van der Waals surface area contributed by atoms with E-state index in [1.165, 1.54) is 17.0 Å². The highest BCUT2D eigenvalue weighted by Gasteiger charge is 2.29. The van der Waals surface area contributed by atoms with E-state index in [1.807, 2.05) is 0 Å². The normalized spacial score (nSPS) is 19.0. The van der Waals surface area contributed by atoms with Crippen LogP contribution in [0.15, 0.2) is 18.2 Å². The zero-order chi connectivity index (χ0) is 13.3. The maximum absolute atomic E-state index is 12.2. The molecule has 0 aromatic heterocycles. The SMILES string of the molecule is Cc1ccc([N+](=O)[O-])c(C(=O)N2CCC(O)C2)c1. The second kappa shape index (κ2) is 4.73. The monoisotopic (exact) mass is 250 g/mol. The Labute approximate surface area is 104 Å². The molecule has 2 rings (SSSR count). The highest BCUT2D eigenvalue weighted by molar-refractivity contribution is 5.98. The Morgan fingerprint density at radius 2 is 2.28 bits per heavy atom. The molecule has 0 bridgehead atoms. The maximum Gasteiger partial charge on any atom is 0.282 e. The second-order valence-corrected chi connectivity index (χ2v) is 4.47. The van der Waals surface area contributed by atoms with Crippen molar-refractivity contribution in [3.8, 4) is 0 Å². The summed E-state index contributed by atoms with van der Waals surface area (Å²) < 4.78 is 0. The van der Waals surface area contributed by atoms with Crippen molar-refractivity contribution >= 4 is 11.6 Å². The number of nitro groups is 1. The Balaban J connectivity index is 2.34. The molecular weight excluding hydrogens is 236 g/mol. The minimum Gasteiger partial charge on any atom is -0.391 e. The fourth-order valence-corrected chi connectivity index (χ4v) is 2.08. The molecule has 0 aliphatic carbocycles. The van der Waals surface area contributed by atoms with E-state index < -0.39 is 11.0 Å². The number of hydrogen-bond donors (Lipinski definition) is 1. The number of amides is 1. The molecule has 1 heterocycles. The standard InChI is InChI=1S/C12H14N2O4/c1-8-2-3-11(14(17)18)10(6-8)12(16)13-5-4-9(15)7-13/h2-3,6,9,15H,4-5,7H2,1H3. The molecule has 1 N–H and O–H groups in total. The van der Waals surface area contributed by atoms with Gasteiger partial charge in [-0.3, -0.25) is 14.9 Å². The Kier molecular flexibility index (Phi) is 3.29. The van der Waals surface area contributed by atoms with Crippen LogP contribution in [-0.2, 0) is 0 Å². The van der Waals surface area contributed by atoms with E-state index in [2.05, 4.69) is 0 Å². The van der Waals surface area contributed by atoms with Gasteiger partial charge in [-0.2, -0.15) is 0 Å². The number of aryl methyl sites for hydroxylation is 1. The number of aliphatic hydroxyl groups excluding tert-OH is 1. The largest absolute Gasteiger partial charge is 0.391 e. The number of benzene rings is 1. The molecule has 1 unspecified atom stereocenters. The van der Waals surface area contributed by atoms with Gasteiger partial charge in [-0.1, -0.05) is 6.07 Å². The molecular formula is C12H14N2O4. The van der Waals surface area contributed by atoms with Crippen LogP contribution < -0.4 is 0 Å². The van der Waals surface area contributed by atoms with Gasteiger partial charge in [-0.05, 0) is 25.0 Å². The molecule has 96 valence electrons. The van der Waals surface area contributed by atoms with E-state index in [4.69, 9.17) is 0 Å². The predicted octanol–water partition coefficient (Wildman–Crippen LogP) is 1.11. The number of hydrogen-bond acceptors (Lipinski definition) is 4. The van der Waals surface area contributed by atoms with Crippen molar-refractivity contribution in [3.63, 3.8) is 0 Å². The van der Waals surface area contributed by atoms with Gasteiger partial charge in [0.2, 0.25) is 0 Å². The van der Waals surface area contributed by atoms with Gasteiger partial charge in [-0.15, -0.1) is 0 Å². The number of carbonyl (C=O) groups excluding carboxylic acids is 1. The van der Waals surface area contributed by atoms with Crippen molar-refractivity contribution in [3.05, 3.63) is 39.4 Å². The Morgan fingerprint density at radius 3 is 2.83 bits per heavy atom. The minimum atomic E-state index is -0.556. The number of β-amino-alcohol motifs (C(OH)–C–C–N with tert-alkyl or cyclic N) is 1. The Morgan fingerprint density at radius 1 is 1.56 bits per heavy atom. The van der Waals surface area contributed by atoms with Gasteiger partial charge >= 0.3 is 0 Å². The van der Waals surface area contributed by atoms with Crippen molar-refractivity contribution < 1.29 is 14.8 Å². The van der Waals surface area contributed by atoms with Crippen LogP contribution in [0.4, 0.5) is 5.69 Å². The molecule has 1 aliphatic rings. The lowest BCUT2D eigenvalue weighted by Crippen LogP contribution is -2.30. The molecule has 1 fully saturated rings. The van der Waals surface area contributed by atoms with Crippen molar-refractivity contribution in [2.45, 2.75) is 19.4 Å². The number of nitrogens with zero attached hydrogens (tertiary/aromatic N) is 2. The first-order valence-electron chi connectivity index (χ1n) is 5.71. The van der Waals surface area contributed by atoms with Crippen LogP contribution in [0.25, 0.3) is 0 Å². The number of carbonyl (C=O) groups is 1. The molecule has 1 aromatic rings. The summed E-state index contributed by atoms with van der Waals surface area (Å²) in [6.07, 6.45) is -0.0106. The van der Waals surface area contributed by atoms with Crippen molar-refractivity contribution in [2.75, 3.05) is 13.1 Å². The number of likely N-dealkylation sites (tertiary alicyclic amines) is 1. The van der Waals surface area contributed by atoms with E-state index >= 15 is 0 Å². The van der Waals surface area contributed by atoms with Crippen LogP contribution in [0.3, 0.4) is 0 Å². The van der Waals surface area contributed by atoms with Crippen LogP contribution >= 0.6 is 0 Å². The molecule has 0 radical (unpaired) electrons.